The fourth-order valence-corrected chi connectivity index (χ4v) is 2.09. The van der Waals surface area contributed by atoms with Crippen LogP contribution in [0.25, 0.3) is 6.08 Å². The van der Waals surface area contributed by atoms with Crippen LogP contribution in [-0.4, -0.2) is 30.1 Å². The highest BCUT2D eigenvalue weighted by Gasteiger charge is 2.22. The Balaban J connectivity index is 2.83. The number of carboxylic acid groups (broad SMARTS) is 1. The third-order valence-electron chi connectivity index (χ3n) is 2.84. The van der Waals surface area contributed by atoms with Crippen molar-refractivity contribution in [3.05, 3.63) is 34.3 Å². The van der Waals surface area contributed by atoms with Gasteiger partial charge >= 0.3 is 5.97 Å². The van der Waals surface area contributed by atoms with E-state index in [0.29, 0.717) is 5.75 Å². The number of methoxy groups -OCH3 is 1. The van der Waals surface area contributed by atoms with Crippen molar-refractivity contribution >= 4 is 33.9 Å². The zero-order chi connectivity index (χ0) is 16.0. The van der Waals surface area contributed by atoms with Gasteiger partial charge in [-0.05, 0) is 30.2 Å². The van der Waals surface area contributed by atoms with Gasteiger partial charge in [0.05, 0.1) is 7.11 Å². The van der Waals surface area contributed by atoms with Crippen LogP contribution in [-0.2, 0) is 9.59 Å². The topological polar surface area (TPSA) is 75.6 Å². The molecule has 0 heterocycles. The van der Waals surface area contributed by atoms with Gasteiger partial charge in [0.1, 0.15) is 11.8 Å². The molecule has 0 unspecified atom stereocenters. The number of carbonyl (C=O) groups excluding carboxylic acids is 1. The number of halogens is 1. The molecule has 1 rings (SSSR count). The number of amides is 1. The van der Waals surface area contributed by atoms with Crippen LogP contribution in [0.3, 0.4) is 0 Å². The molecule has 1 aromatic rings. The summed E-state index contributed by atoms with van der Waals surface area (Å²) in [6.45, 7) is 3.47. The van der Waals surface area contributed by atoms with Gasteiger partial charge in [-0.1, -0.05) is 29.8 Å². The number of nitrogens with one attached hydrogen (secondary N) is 1. The van der Waals surface area contributed by atoms with E-state index < -0.39 is 17.9 Å². The van der Waals surface area contributed by atoms with Crippen LogP contribution in [0, 0.1) is 5.92 Å². The predicted molar refractivity (Wildman–Crippen MR) is 84.1 cm³/mol. The Hall–Kier alpha value is -1.82. The van der Waals surface area contributed by atoms with Crippen molar-refractivity contribution < 1.29 is 19.4 Å². The summed E-state index contributed by atoms with van der Waals surface area (Å²) < 4.78 is 6.05. The van der Waals surface area contributed by atoms with Gasteiger partial charge in [0.2, 0.25) is 5.91 Å². The van der Waals surface area contributed by atoms with E-state index >= 15 is 0 Å². The molecular formula is C15H18BrNO4. The van der Waals surface area contributed by atoms with E-state index in [-0.39, 0.29) is 5.92 Å². The Bertz CT molecular complexity index is 555. The first-order valence-electron chi connectivity index (χ1n) is 6.40. The van der Waals surface area contributed by atoms with Gasteiger partial charge in [-0.2, -0.15) is 0 Å². The third-order valence-corrected chi connectivity index (χ3v) is 3.33. The standard InChI is InChI=1S/C15H18BrNO4/c1-9(2)14(15(19)20)17-13(18)7-4-10-8-11(16)5-6-12(10)21-3/h4-9,14H,1-3H3,(H,17,18)(H,19,20)/b7-4+/t14-/m0/s1. The molecule has 0 aliphatic carbocycles. The van der Waals surface area contributed by atoms with Gasteiger partial charge < -0.3 is 15.2 Å². The molecule has 0 saturated heterocycles. The SMILES string of the molecule is COc1ccc(Br)cc1/C=C/C(=O)N[C@H](C(=O)O)C(C)C. The molecule has 21 heavy (non-hydrogen) atoms. The van der Waals surface area contributed by atoms with E-state index in [2.05, 4.69) is 21.2 Å². The van der Waals surface area contributed by atoms with Gasteiger partial charge in [0.25, 0.3) is 0 Å². The minimum absolute atomic E-state index is 0.194. The molecule has 0 saturated carbocycles. The molecule has 1 atom stereocenters. The molecule has 1 amide bonds. The first-order chi connectivity index (χ1) is 9.85. The number of hydrogen-bond acceptors (Lipinski definition) is 3. The number of rotatable bonds is 6. The highest BCUT2D eigenvalue weighted by molar-refractivity contribution is 9.10. The second kappa shape index (κ2) is 7.83. The van der Waals surface area contributed by atoms with E-state index in [1.807, 2.05) is 6.07 Å². The summed E-state index contributed by atoms with van der Waals surface area (Å²) in [5.41, 5.74) is 0.721. The number of aliphatic carboxylic acids is 1. The molecule has 0 fully saturated rings. The average Bonchev–Trinajstić information content (AvgIpc) is 2.42. The van der Waals surface area contributed by atoms with Crippen LogP contribution in [0.4, 0.5) is 0 Å². The lowest BCUT2D eigenvalue weighted by Crippen LogP contribution is -2.43. The number of hydrogen-bond donors (Lipinski definition) is 2. The van der Waals surface area contributed by atoms with Gasteiger partial charge in [-0.25, -0.2) is 4.79 Å². The quantitative estimate of drug-likeness (QED) is 0.769. The summed E-state index contributed by atoms with van der Waals surface area (Å²) in [4.78, 5) is 22.8. The normalized spacial score (nSPS) is 12.4. The molecule has 0 aliphatic heterocycles. The van der Waals surface area contributed by atoms with Crippen LogP contribution in [0.2, 0.25) is 0 Å². The Morgan fingerprint density at radius 1 is 1.38 bits per heavy atom. The molecular weight excluding hydrogens is 338 g/mol. The highest BCUT2D eigenvalue weighted by Crippen LogP contribution is 2.24. The lowest BCUT2D eigenvalue weighted by molar-refractivity contribution is -0.142. The second-order valence-corrected chi connectivity index (χ2v) is 5.70. The maximum Gasteiger partial charge on any atom is 0.326 e. The number of carbonyl (C=O) groups is 2. The van der Waals surface area contributed by atoms with Gasteiger partial charge in [0.15, 0.2) is 0 Å². The summed E-state index contributed by atoms with van der Waals surface area (Å²) in [7, 11) is 1.54. The molecule has 0 spiro atoms. The monoisotopic (exact) mass is 355 g/mol. The molecule has 1 aromatic carbocycles. The minimum atomic E-state index is -1.05. The van der Waals surface area contributed by atoms with Crippen molar-refractivity contribution in [1.29, 1.82) is 0 Å². The fourth-order valence-electron chi connectivity index (χ4n) is 1.72. The second-order valence-electron chi connectivity index (χ2n) is 4.79. The summed E-state index contributed by atoms with van der Waals surface area (Å²) in [5, 5.41) is 11.5. The van der Waals surface area contributed by atoms with Gasteiger partial charge in [-0.15, -0.1) is 0 Å². The Labute approximate surface area is 132 Å². The Kier molecular flexibility index (Phi) is 6.42. The Morgan fingerprint density at radius 3 is 2.57 bits per heavy atom. The Morgan fingerprint density at radius 2 is 2.05 bits per heavy atom. The summed E-state index contributed by atoms with van der Waals surface area (Å²) >= 11 is 3.34. The van der Waals surface area contributed by atoms with Crippen LogP contribution >= 0.6 is 15.9 Å². The fraction of sp³-hybridized carbons (Fsp3) is 0.333. The molecule has 0 aromatic heterocycles. The lowest BCUT2D eigenvalue weighted by atomic mass is 10.0. The maximum absolute atomic E-state index is 11.8. The molecule has 0 radical (unpaired) electrons. The van der Waals surface area contributed by atoms with Crippen LogP contribution in [0.15, 0.2) is 28.7 Å². The van der Waals surface area contributed by atoms with Crippen LogP contribution < -0.4 is 10.1 Å². The maximum atomic E-state index is 11.8. The van der Waals surface area contributed by atoms with Crippen LogP contribution in [0.5, 0.6) is 5.75 Å². The first kappa shape index (κ1) is 17.2. The molecule has 114 valence electrons. The van der Waals surface area contributed by atoms with E-state index in [1.54, 1.807) is 39.2 Å². The van der Waals surface area contributed by atoms with E-state index in [0.717, 1.165) is 10.0 Å². The largest absolute Gasteiger partial charge is 0.496 e. The predicted octanol–water partition coefficient (Wildman–Crippen LogP) is 2.70. The third kappa shape index (κ3) is 5.23. The number of ether oxygens (including phenoxy) is 1. The van der Waals surface area contributed by atoms with Crippen molar-refractivity contribution in [2.24, 2.45) is 5.92 Å². The van der Waals surface area contributed by atoms with Crippen molar-refractivity contribution in [3.63, 3.8) is 0 Å². The van der Waals surface area contributed by atoms with Crippen molar-refractivity contribution in [3.8, 4) is 5.75 Å². The first-order valence-corrected chi connectivity index (χ1v) is 7.19. The summed E-state index contributed by atoms with van der Waals surface area (Å²) in [6.07, 6.45) is 2.88. The molecule has 0 aliphatic rings. The average molecular weight is 356 g/mol. The zero-order valence-corrected chi connectivity index (χ0v) is 13.7. The molecule has 2 N–H and O–H groups in total. The van der Waals surface area contributed by atoms with Crippen molar-refractivity contribution in [2.45, 2.75) is 19.9 Å². The molecule has 0 bridgehead atoms. The van der Waals surface area contributed by atoms with Gasteiger partial charge in [0, 0.05) is 16.1 Å². The summed E-state index contributed by atoms with van der Waals surface area (Å²) in [6, 6.07) is 4.50. The highest BCUT2D eigenvalue weighted by atomic mass is 79.9. The smallest absolute Gasteiger partial charge is 0.326 e. The number of carboxylic acids is 1. The summed E-state index contributed by atoms with van der Waals surface area (Å²) in [5.74, 6) is -1.08. The van der Waals surface area contributed by atoms with E-state index in [1.165, 1.54) is 6.08 Å². The molecule has 5 nitrogen and oxygen atoms in total. The van der Waals surface area contributed by atoms with E-state index in [9.17, 15) is 9.59 Å². The molecule has 6 heteroatoms. The zero-order valence-electron chi connectivity index (χ0n) is 12.1. The van der Waals surface area contributed by atoms with Crippen molar-refractivity contribution in [2.75, 3.05) is 7.11 Å². The van der Waals surface area contributed by atoms with Gasteiger partial charge in [-0.3, -0.25) is 4.79 Å². The van der Waals surface area contributed by atoms with E-state index in [4.69, 9.17) is 9.84 Å². The van der Waals surface area contributed by atoms with Crippen LogP contribution in [0.1, 0.15) is 19.4 Å². The number of benzene rings is 1. The minimum Gasteiger partial charge on any atom is -0.496 e. The lowest BCUT2D eigenvalue weighted by Gasteiger charge is -2.16. The van der Waals surface area contributed by atoms with Crippen molar-refractivity contribution in [1.82, 2.24) is 5.32 Å².